The number of hydrogen-bond acceptors (Lipinski definition) is 1. The largest absolute Gasteiger partial charge is 0.507 e. The highest BCUT2D eigenvalue weighted by atomic mass is 79.9. The molecule has 0 spiro atoms. The van der Waals surface area contributed by atoms with Crippen LogP contribution >= 0.6 is 15.9 Å². The van der Waals surface area contributed by atoms with E-state index in [1.165, 1.54) is 38.9 Å². The van der Waals surface area contributed by atoms with Crippen LogP contribution in [0.4, 0.5) is 0 Å². The molecule has 42 heavy (non-hydrogen) atoms. The van der Waals surface area contributed by atoms with Gasteiger partial charge in [0, 0.05) is 4.47 Å². The predicted octanol–water partition coefficient (Wildman–Crippen LogP) is 11.3. The van der Waals surface area contributed by atoms with Gasteiger partial charge in [0.15, 0.2) is 0 Å². The van der Waals surface area contributed by atoms with Gasteiger partial charge in [0.1, 0.15) is 5.75 Å². The van der Waals surface area contributed by atoms with Crippen molar-refractivity contribution in [3.63, 3.8) is 0 Å². The summed E-state index contributed by atoms with van der Waals surface area (Å²) < 4.78 is 1.15. The van der Waals surface area contributed by atoms with E-state index in [0.29, 0.717) is 5.75 Å². The molecular weight excluding hydrogens is 576 g/mol. The Morgan fingerprint density at radius 1 is 0.548 bits per heavy atom. The molecule has 4 aromatic carbocycles. The molecule has 1 N–H and O–H groups in total. The van der Waals surface area contributed by atoms with Crippen LogP contribution in [0.1, 0.15) is 101 Å². The second-order valence-electron chi connectivity index (χ2n) is 14.9. The number of halogens is 1. The van der Waals surface area contributed by atoms with Crippen molar-refractivity contribution < 1.29 is 5.11 Å². The Bertz CT molecular complexity index is 1530. The minimum Gasteiger partial charge on any atom is -0.507 e. The Labute approximate surface area is 263 Å². The Hall–Kier alpha value is -2.84. The van der Waals surface area contributed by atoms with Crippen molar-refractivity contribution in [3.05, 3.63) is 122 Å². The summed E-state index contributed by atoms with van der Waals surface area (Å²) in [4.78, 5) is 0. The average Bonchev–Trinajstić information content (AvgIpc) is 2.90. The van der Waals surface area contributed by atoms with Crippen LogP contribution in [0, 0.1) is 0 Å². The third kappa shape index (κ3) is 7.56. The fraction of sp³-hybridized carbons (Fsp3) is 0.400. The van der Waals surface area contributed by atoms with E-state index < -0.39 is 0 Å². The van der Waals surface area contributed by atoms with Gasteiger partial charge < -0.3 is 5.11 Å². The Morgan fingerprint density at radius 3 is 1.79 bits per heavy atom. The molecule has 0 fully saturated rings. The predicted molar refractivity (Wildman–Crippen MR) is 185 cm³/mol. The van der Waals surface area contributed by atoms with Gasteiger partial charge in [-0.1, -0.05) is 151 Å². The molecule has 0 aromatic heterocycles. The zero-order valence-electron chi connectivity index (χ0n) is 27.2. The van der Waals surface area contributed by atoms with Crippen molar-refractivity contribution >= 4 is 15.9 Å². The average molecular weight is 626 g/mol. The molecule has 4 aromatic rings. The lowest BCUT2D eigenvalue weighted by Crippen LogP contribution is -2.17. The van der Waals surface area contributed by atoms with Gasteiger partial charge in [-0.3, -0.25) is 0 Å². The van der Waals surface area contributed by atoms with Crippen molar-refractivity contribution in [3.8, 4) is 16.9 Å². The number of phenolic OH excluding ortho intramolecular Hbond substituents is 1. The van der Waals surface area contributed by atoms with Crippen LogP contribution in [0.25, 0.3) is 11.1 Å². The van der Waals surface area contributed by atoms with Crippen molar-refractivity contribution in [1.82, 2.24) is 0 Å². The fourth-order valence-electron chi connectivity index (χ4n) is 5.68. The first-order chi connectivity index (χ1) is 19.6. The molecule has 0 atom stereocenters. The lowest BCUT2D eigenvalue weighted by Gasteiger charge is -2.27. The zero-order valence-corrected chi connectivity index (χ0v) is 28.7. The summed E-state index contributed by atoms with van der Waals surface area (Å²) in [6.45, 7) is 20.1. The molecule has 0 aliphatic heterocycles. The van der Waals surface area contributed by atoms with Gasteiger partial charge in [-0.2, -0.15) is 0 Å². The highest BCUT2D eigenvalue weighted by molar-refractivity contribution is 9.10. The maximum Gasteiger partial charge on any atom is 0.122 e. The van der Waals surface area contributed by atoms with E-state index in [2.05, 4.69) is 157 Å². The molecule has 0 unspecified atom stereocenters. The number of hydrogen-bond donors (Lipinski definition) is 1. The molecule has 0 radical (unpaired) electrons. The van der Waals surface area contributed by atoms with E-state index in [-0.39, 0.29) is 16.2 Å². The van der Waals surface area contributed by atoms with Crippen LogP contribution in [-0.4, -0.2) is 5.11 Å². The second kappa shape index (κ2) is 12.4. The molecule has 0 amide bonds. The van der Waals surface area contributed by atoms with Crippen LogP contribution < -0.4 is 0 Å². The van der Waals surface area contributed by atoms with Gasteiger partial charge in [0.2, 0.25) is 0 Å². The summed E-state index contributed by atoms with van der Waals surface area (Å²) in [5, 5.41) is 11.4. The molecule has 0 aliphatic carbocycles. The van der Waals surface area contributed by atoms with Crippen LogP contribution in [-0.2, 0) is 41.9 Å². The normalized spacial score (nSPS) is 12.5. The Morgan fingerprint density at radius 2 is 1.17 bits per heavy atom. The number of rotatable bonds is 7. The fourth-order valence-corrected chi connectivity index (χ4v) is 6.29. The highest BCUT2D eigenvalue weighted by Crippen LogP contribution is 2.39. The minimum absolute atomic E-state index is 0.0138. The summed E-state index contributed by atoms with van der Waals surface area (Å²) in [7, 11) is 0. The van der Waals surface area contributed by atoms with Crippen LogP contribution in [0.3, 0.4) is 0 Å². The molecule has 0 saturated carbocycles. The van der Waals surface area contributed by atoms with Gasteiger partial charge in [0.25, 0.3) is 0 Å². The van der Waals surface area contributed by atoms with Gasteiger partial charge in [-0.15, -0.1) is 0 Å². The topological polar surface area (TPSA) is 20.2 Å². The van der Waals surface area contributed by atoms with Gasteiger partial charge >= 0.3 is 0 Å². The first-order valence-electron chi connectivity index (χ1n) is 15.4. The second-order valence-corrected chi connectivity index (χ2v) is 15.8. The molecule has 4 rings (SSSR count). The van der Waals surface area contributed by atoms with E-state index in [1.807, 2.05) is 0 Å². The Kier molecular flexibility index (Phi) is 9.48. The first-order valence-corrected chi connectivity index (χ1v) is 16.2. The van der Waals surface area contributed by atoms with E-state index >= 15 is 0 Å². The lowest BCUT2D eigenvalue weighted by molar-refractivity contribution is 0.438. The van der Waals surface area contributed by atoms with Crippen molar-refractivity contribution in [2.24, 2.45) is 0 Å². The number of aromatic hydroxyl groups is 1. The third-order valence-electron chi connectivity index (χ3n) is 8.45. The maximum atomic E-state index is 11.4. The van der Waals surface area contributed by atoms with Gasteiger partial charge in [0.05, 0.1) is 0 Å². The number of aryl methyl sites for hydroxylation is 3. The highest BCUT2D eigenvalue weighted by Gasteiger charge is 2.25. The molecule has 0 aliphatic rings. The molecule has 0 heterocycles. The molecule has 1 nitrogen and oxygen atoms in total. The number of benzene rings is 4. The summed E-state index contributed by atoms with van der Waals surface area (Å²) >= 11 is 3.88. The summed E-state index contributed by atoms with van der Waals surface area (Å²) in [5.41, 5.74) is 11.4. The standard InChI is InChI=1S/C40H49BrO/c1-38(2,3)31-22-20-29(34(25-31)27-14-11-10-12-15-27)19-18-28-16-13-17-36(41)33(28)23-21-30-24-32(39(4,5)6)26-35(37(30)42)40(7,8)9/h10-17,20,22,24-26,42H,18-19,21,23H2,1-9H3. The lowest BCUT2D eigenvalue weighted by atomic mass is 9.78. The van der Waals surface area contributed by atoms with Crippen molar-refractivity contribution in [2.75, 3.05) is 0 Å². The third-order valence-corrected chi connectivity index (χ3v) is 9.19. The first kappa shape index (κ1) is 32.1. The van der Waals surface area contributed by atoms with E-state index in [9.17, 15) is 5.11 Å². The maximum absolute atomic E-state index is 11.4. The SMILES string of the molecule is CC(C)(C)c1ccc(CCc2cccc(Br)c2CCc2cc(C(C)(C)C)cc(C(C)(C)C)c2O)c(-c2ccccc2)c1. The molecule has 222 valence electrons. The Balaban J connectivity index is 1.65. The van der Waals surface area contributed by atoms with E-state index in [1.54, 1.807) is 0 Å². The molecule has 0 bridgehead atoms. The van der Waals surface area contributed by atoms with Gasteiger partial charge in [-0.05, 0) is 98.1 Å². The van der Waals surface area contributed by atoms with Crippen LogP contribution in [0.15, 0.2) is 83.3 Å². The monoisotopic (exact) mass is 624 g/mol. The van der Waals surface area contributed by atoms with Crippen LogP contribution in [0.2, 0.25) is 0 Å². The summed E-state index contributed by atoms with van der Waals surface area (Å²) in [6.07, 6.45) is 3.60. The molecular formula is C40H49BrO. The van der Waals surface area contributed by atoms with Gasteiger partial charge in [-0.25, -0.2) is 0 Å². The summed E-state index contributed by atoms with van der Waals surface area (Å²) in [5.74, 6) is 0.454. The molecule has 2 heteroatoms. The smallest absolute Gasteiger partial charge is 0.122 e. The van der Waals surface area contributed by atoms with E-state index in [0.717, 1.165) is 41.3 Å². The zero-order chi connectivity index (χ0) is 30.9. The number of phenols is 1. The summed E-state index contributed by atoms with van der Waals surface area (Å²) in [6, 6.07) is 28.8. The van der Waals surface area contributed by atoms with Crippen molar-refractivity contribution in [2.45, 2.75) is 104 Å². The minimum atomic E-state index is -0.127. The quantitative estimate of drug-likeness (QED) is 0.217. The van der Waals surface area contributed by atoms with Crippen molar-refractivity contribution in [1.29, 1.82) is 0 Å². The molecule has 0 saturated heterocycles. The van der Waals surface area contributed by atoms with E-state index in [4.69, 9.17) is 0 Å². The van der Waals surface area contributed by atoms with Crippen LogP contribution in [0.5, 0.6) is 5.75 Å².